The van der Waals surface area contributed by atoms with Gasteiger partial charge in [0.25, 0.3) is 0 Å². The Kier molecular flexibility index (Phi) is 5.97. The summed E-state index contributed by atoms with van der Waals surface area (Å²) in [6.07, 6.45) is 1.42. The number of aromatic amines is 1. The number of H-pyrrole nitrogens is 1. The van der Waals surface area contributed by atoms with Crippen LogP contribution in [0.5, 0.6) is 0 Å². The van der Waals surface area contributed by atoms with Crippen LogP contribution in [0, 0.1) is 6.92 Å². The lowest BCUT2D eigenvalue weighted by atomic mass is 10.0. The Bertz CT molecular complexity index is 1020. The van der Waals surface area contributed by atoms with Crippen molar-refractivity contribution in [3.63, 3.8) is 0 Å². The molecule has 0 aliphatic carbocycles. The van der Waals surface area contributed by atoms with Gasteiger partial charge >= 0.3 is 5.97 Å². The second-order valence-electron chi connectivity index (χ2n) is 6.63. The predicted octanol–water partition coefficient (Wildman–Crippen LogP) is 3.35. The van der Waals surface area contributed by atoms with E-state index in [0.717, 1.165) is 5.56 Å². The van der Waals surface area contributed by atoms with E-state index >= 15 is 0 Å². The molecule has 2 heterocycles. The number of carbonyl (C=O) groups is 3. The van der Waals surface area contributed by atoms with Crippen molar-refractivity contribution >= 4 is 17.7 Å². The second-order valence-corrected chi connectivity index (χ2v) is 6.63. The summed E-state index contributed by atoms with van der Waals surface area (Å²) in [5, 5.41) is 2.94. The highest BCUT2D eigenvalue weighted by molar-refractivity contribution is 6.01. The van der Waals surface area contributed by atoms with Gasteiger partial charge in [-0.25, -0.2) is 4.79 Å². The topological polar surface area (TPSA) is 101 Å². The van der Waals surface area contributed by atoms with Gasteiger partial charge in [0, 0.05) is 12.6 Å². The SMILES string of the molecule is COC(=O)c1c(CC(=O)NC(c2ccccc2)c2ccco2)[nH]c(C(C)=O)c1C. The van der Waals surface area contributed by atoms with Crippen LogP contribution in [-0.4, -0.2) is 29.8 Å². The van der Waals surface area contributed by atoms with Gasteiger partial charge in [0.05, 0.1) is 31.1 Å². The summed E-state index contributed by atoms with van der Waals surface area (Å²) in [6.45, 7) is 3.04. The molecule has 0 fully saturated rings. The van der Waals surface area contributed by atoms with Crippen molar-refractivity contribution in [3.05, 3.63) is 82.6 Å². The zero-order valence-corrected chi connectivity index (χ0v) is 16.4. The average molecular weight is 394 g/mol. The average Bonchev–Trinajstić information content (AvgIpc) is 3.34. The van der Waals surface area contributed by atoms with Gasteiger partial charge in [-0.2, -0.15) is 0 Å². The zero-order chi connectivity index (χ0) is 21.0. The van der Waals surface area contributed by atoms with Crippen molar-refractivity contribution < 1.29 is 23.5 Å². The van der Waals surface area contributed by atoms with Crippen LogP contribution >= 0.6 is 0 Å². The maximum Gasteiger partial charge on any atom is 0.339 e. The number of aromatic nitrogens is 1. The molecule has 1 aromatic carbocycles. The Hall–Kier alpha value is -3.61. The lowest BCUT2D eigenvalue weighted by Crippen LogP contribution is -2.31. The van der Waals surface area contributed by atoms with Crippen molar-refractivity contribution in [3.8, 4) is 0 Å². The molecule has 1 unspecified atom stereocenters. The Morgan fingerprint density at radius 1 is 1.14 bits per heavy atom. The highest BCUT2D eigenvalue weighted by Crippen LogP contribution is 2.24. The van der Waals surface area contributed by atoms with E-state index in [1.807, 2.05) is 30.3 Å². The highest BCUT2D eigenvalue weighted by atomic mass is 16.5. The van der Waals surface area contributed by atoms with Gasteiger partial charge in [-0.1, -0.05) is 30.3 Å². The third-order valence-corrected chi connectivity index (χ3v) is 4.67. The molecule has 2 N–H and O–H groups in total. The standard InChI is InChI=1S/C22H22N2O5/c1-13-19(22(27)28-3)16(23-20(13)14(2)25)12-18(26)24-21(17-10-7-11-29-17)15-8-5-4-6-9-15/h4-11,21,23H,12H2,1-3H3,(H,24,26). The lowest BCUT2D eigenvalue weighted by Gasteiger charge is -2.17. The summed E-state index contributed by atoms with van der Waals surface area (Å²) in [5.74, 6) is -0.571. The molecule has 1 amide bonds. The molecule has 0 radical (unpaired) electrons. The second kappa shape index (κ2) is 8.60. The molecule has 3 rings (SSSR count). The van der Waals surface area contributed by atoms with E-state index in [1.165, 1.54) is 14.0 Å². The fourth-order valence-corrected chi connectivity index (χ4v) is 3.31. The minimum atomic E-state index is -0.598. The molecule has 7 heteroatoms. The summed E-state index contributed by atoms with van der Waals surface area (Å²) in [7, 11) is 1.26. The summed E-state index contributed by atoms with van der Waals surface area (Å²) in [6, 6.07) is 12.5. The van der Waals surface area contributed by atoms with E-state index in [2.05, 4.69) is 10.3 Å². The number of amides is 1. The van der Waals surface area contributed by atoms with Crippen molar-refractivity contribution in [2.24, 2.45) is 0 Å². The van der Waals surface area contributed by atoms with Gasteiger partial charge in [0.1, 0.15) is 11.8 Å². The minimum Gasteiger partial charge on any atom is -0.467 e. The molecule has 0 bridgehead atoms. The fraction of sp³-hybridized carbons (Fsp3) is 0.227. The van der Waals surface area contributed by atoms with Gasteiger partial charge in [0.2, 0.25) is 5.91 Å². The van der Waals surface area contributed by atoms with Crippen molar-refractivity contribution in [1.82, 2.24) is 10.3 Å². The molecule has 0 aliphatic heterocycles. The largest absolute Gasteiger partial charge is 0.467 e. The molecule has 1 atom stereocenters. The molecule has 0 aliphatic rings. The Labute approximate surface area is 168 Å². The molecule has 29 heavy (non-hydrogen) atoms. The first kappa shape index (κ1) is 20.1. The molecule has 150 valence electrons. The number of Topliss-reactive ketones (excluding diaryl/α,β-unsaturated/α-hetero) is 1. The molecular weight excluding hydrogens is 372 g/mol. The maximum atomic E-state index is 12.8. The number of methoxy groups -OCH3 is 1. The highest BCUT2D eigenvalue weighted by Gasteiger charge is 2.26. The number of esters is 1. The third kappa shape index (κ3) is 4.29. The van der Waals surface area contributed by atoms with Crippen molar-refractivity contribution in [1.29, 1.82) is 0 Å². The molecule has 0 saturated carbocycles. The van der Waals surface area contributed by atoms with Gasteiger partial charge in [-0.3, -0.25) is 9.59 Å². The molecule has 7 nitrogen and oxygen atoms in total. The quantitative estimate of drug-likeness (QED) is 0.473. The van der Waals surface area contributed by atoms with Crippen molar-refractivity contribution in [2.45, 2.75) is 26.3 Å². The van der Waals surface area contributed by atoms with Gasteiger partial charge in [-0.05, 0) is 30.2 Å². The first-order valence-electron chi connectivity index (χ1n) is 9.10. The summed E-state index contributed by atoms with van der Waals surface area (Å²) in [5.41, 5.74) is 2.16. The van der Waals surface area contributed by atoms with Crippen molar-refractivity contribution in [2.75, 3.05) is 7.11 Å². The number of rotatable bonds is 7. The van der Waals surface area contributed by atoms with E-state index < -0.39 is 12.0 Å². The Morgan fingerprint density at radius 3 is 2.45 bits per heavy atom. The van der Waals surface area contributed by atoms with Crippen LogP contribution in [0.25, 0.3) is 0 Å². The van der Waals surface area contributed by atoms with E-state index in [9.17, 15) is 14.4 Å². The van der Waals surface area contributed by atoms with Crippen LogP contribution in [0.2, 0.25) is 0 Å². The lowest BCUT2D eigenvalue weighted by molar-refractivity contribution is -0.121. The van der Waals surface area contributed by atoms with Gasteiger partial charge in [-0.15, -0.1) is 0 Å². The third-order valence-electron chi connectivity index (χ3n) is 4.67. The first-order chi connectivity index (χ1) is 13.9. The zero-order valence-electron chi connectivity index (χ0n) is 16.4. The van der Waals surface area contributed by atoms with Crippen LogP contribution in [0.15, 0.2) is 53.1 Å². The predicted molar refractivity (Wildman–Crippen MR) is 106 cm³/mol. The van der Waals surface area contributed by atoms with Crippen LogP contribution < -0.4 is 5.32 Å². The maximum absolute atomic E-state index is 12.8. The number of carbonyl (C=O) groups excluding carboxylic acids is 3. The van der Waals surface area contributed by atoms with E-state index in [0.29, 0.717) is 22.7 Å². The molecular formula is C22H22N2O5. The molecule has 0 spiro atoms. The van der Waals surface area contributed by atoms with Crippen LogP contribution in [0.3, 0.4) is 0 Å². The van der Waals surface area contributed by atoms with Crippen LogP contribution in [0.1, 0.15) is 56.4 Å². The number of furan rings is 1. The van der Waals surface area contributed by atoms with E-state index in [-0.39, 0.29) is 23.7 Å². The van der Waals surface area contributed by atoms with Gasteiger partial charge < -0.3 is 19.5 Å². The summed E-state index contributed by atoms with van der Waals surface area (Å²) >= 11 is 0. The smallest absolute Gasteiger partial charge is 0.339 e. The fourth-order valence-electron chi connectivity index (χ4n) is 3.31. The Morgan fingerprint density at radius 2 is 1.86 bits per heavy atom. The van der Waals surface area contributed by atoms with Crippen LogP contribution in [0.4, 0.5) is 0 Å². The number of ketones is 1. The molecule has 3 aromatic rings. The molecule has 2 aromatic heterocycles. The van der Waals surface area contributed by atoms with Gasteiger partial charge in [0.15, 0.2) is 5.78 Å². The normalized spacial score (nSPS) is 11.7. The summed E-state index contributed by atoms with van der Waals surface area (Å²) in [4.78, 5) is 39.8. The minimum absolute atomic E-state index is 0.122. The van der Waals surface area contributed by atoms with Crippen LogP contribution in [-0.2, 0) is 16.0 Å². The number of ether oxygens (including phenoxy) is 1. The number of hydrogen-bond acceptors (Lipinski definition) is 5. The Balaban J connectivity index is 1.88. The van der Waals surface area contributed by atoms with E-state index in [1.54, 1.807) is 25.3 Å². The van der Waals surface area contributed by atoms with E-state index in [4.69, 9.17) is 9.15 Å². The summed E-state index contributed by atoms with van der Waals surface area (Å²) < 4.78 is 10.3. The number of hydrogen-bond donors (Lipinski definition) is 2. The monoisotopic (exact) mass is 394 g/mol. The number of benzene rings is 1. The number of nitrogens with one attached hydrogen (secondary N) is 2. The molecule has 0 saturated heterocycles. The first-order valence-corrected chi connectivity index (χ1v) is 9.10.